The molecule has 2 atom stereocenters. The number of piperidine rings is 1. The number of urea groups is 1. The first kappa shape index (κ1) is 21.6. The zero-order valence-electron chi connectivity index (χ0n) is 17.3. The number of likely N-dealkylation sites (tertiary alicyclic amines) is 1. The molecule has 2 aliphatic rings. The van der Waals surface area contributed by atoms with Gasteiger partial charge in [0.15, 0.2) is 0 Å². The van der Waals surface area contributed by atoms with Gasteiger partial charge in [-0.15, -0.1) is 0 Å². The van der Waals surface area contributed by atoms with Crippen molar-refractivity contribution in [1.29, 1.82) is 0 Å². The van der Waals surface area contributed by atoms with Gasteiger partial charge < -0.3 is 20.6 Å². The number of fused-ring (bicyclic) bond motifs is 1. The third kappa shape index (κ3) is 4.55. The van der Waals surface area contributed by atoms with Crippen LogP contribution in [0.15, 0.2) is 24.3 Å². The first-order valence-electron chi connectivity index (χ1n) is 10.3. The van der Waals surface area contributed by atoms with Crippen molar-refractivity contribution in [2.45, 2.75) is 39.2 Å². The second-order valence-electron chi connectivity index (χ2n) is 7.90. The zero-order chi connectivity index (χ0) is 21.8. The molecule has 9 heteroatoms. The third-order valence-corrected chi connectivity index (χ3v) is 5.93. The third-order valence-electron chi connectivity index (χ3n) is 5.93. The van der Waals surface area contributed by atoms with Crippen LogP contribution in [0.3, 0.4) is 0 Å². The first-order chi connectivity index (χ1) is 14.3. The summed E-state index contributed by atoms with van der Waals surface area (Å²) in [6.07, 6.45) is 1.49. The fourth-order valence-corrected chi connectivity index (χ4v) is 3.85. The van der Waals surface area contributed by atoms with Crippen molar-refractivity contribution in [3.8, 4) is 0 Å². The minimum atomic E-state index is -0.837. The van der Waals surface area contributed by atoms with Crippen molar-refractivity contribution in [2.75, 3.05) is 29.9 Å². The Morgan fingerprint density at radius 2 is 1.90 bits per heavy atom. The summed E-state index contributed by atoms with van der Waals surface area (Å²) in [5.74, 6) is -1.90. The topological polar surface area (TPSA) is 119 Å². The molecule has 3 rings (SSSR count). The van der Waals surface area contributed by atoms with Crippen molar-refractivity contribution in [3.05, 3.63) is 24.3 Å². The van der Waals surface area contributed by atoms with Gasteiger partial charge in [-0.3, -0.25) is 19.3 Å². The molecule has 162 valence electrons. The van der Waals surface area contributed by atoms with Gasteiger partial charge in [-0.25, -0.2) is 4.79 Å². The molecular formula is C21H28N4O5. The van der Waals surface area contributed by atoms with Crippen LogP contribution in [0.5, 0.6) is 0 Å². The van der Waals surface area contributed by atoms with Gasteiger partial charge in [0.1, 0.15) is 12.6 Å². The Labute approximate surface area is 175 Å². The smallest absolute Gasteiger partial charge is 0.323 e. The van der Waals surface area contributed by atoms with Crippen LogP contribution in [-0.2, 0) is 14.4 Å². The normalized spacial score (nSPS) is 18.8. The summed E-state index contributed by atoms with van der Waals surface area (Å²) in [6.45, 7) is 4.41. The van der Waals surface area contributed by atoms with E-state index in [1.165, 1.54) is 4.90 Å². The first-order valence-corrected chi connectivity index (χ1v) is 10.3. The van der Waals surface area contributed by atoms with Crippen LogP contribution in [0.25, 0.3) is 0 Å². The van der Waals surface area contributed by atoms with Crippen LogP contribution < -0.4 is 15.5 Å². The van der Waals surface area contributed by atoms with Gasteiger partial charge in [-0.1, -0.05) is 32.4 Å². The summed E-state index contributed by atoms with van der Waals surface area (Å²) in [5, 5.41) is 14.7. The number of nitrogens with zero attached hydrogens (tertiary/aromatic N) is 2. The van der Waals surface area contributed by atoms with E-state index in [1.807, 2.05) is 13.8 Å². The van der Waals surface area contributed by atoms with Crippen LogP contribution in [0, 0.1) is 11.8 Å². The van der Waals surface area contributed by atoms with Gasteiger partial charge in [0.25, 0.3) is 0 Å². The molecule has 30 heavy (non-hydrogen) atoms. The van der Waals surface area contributed by atoms with E-state index in [0.717, 1.165) is 0 Å². The van der Waals surface area contributed by atoms with E-state index >= 15 is 0 Å². The summed E-state index contributed by atoms with van der Waals surface area (Å²) >= 11 is 0. The number of aliphatic carboxylic acids is 1. The fraction of sp³-hybridized carbons (Fsp3) is 0.524. The Bertz CT molecular complexity index is 834. The highest BCUT2D eigenvalue weighted by molar-refractivity contribution is 6.10. The van der Waals surface area contributed by atoms with E-state index in [0.29, 0.717) is 43.7 Å². The SMILES string of the molecule is CC[C@H](C)[C@H](NC(=O)N1CC(=O)Nc2ccccc21)C(=O)N1CCC(C(=O)O)CC1. The van der Waals surface area contributed by atoms with Gasteiger partial charge in [-0.2, -0.15) is 0 Å². The lowest BCUT2D eigenvalue weighted by molar-refractivity contribution is -0.146. The van der Waals surface area contributed by atoms with Crippen molar-refractivity contribution in [3.63, 3.8) is 0 Å². The number of carbonyl (C=O) groups is 4. The number of nitrogens with one attached hydrogen (secondary N) is 2. The largest absolute Gasteiger partial charge is 0.481 e. The summed E-state index contributed by atoms with van der Waals surface area (Å²) < 4.78 is 0. The maximum absolute atomic E-state index is 13.2. The number of hydrogen-bond donors (Lipinski definition) is 3. The lowest BCUT2D eigenvalue weighted by Crippen LogP contribution is -2.57. The number of hydrogen-bond acceptors (Lipinski definition) is 4. The molecule has 2 heterocycles. The molecule has 1 aromatic rings. The minimum absolute atomic E-state index is 0.118. The van der Waals surface area contributed by atoms with Gasteiger partial charge in [-0.05, 0) is 30.9 Å². The lowest BCUT2D eigenvalue weighted by atomic mass is 9.94. The number of carbonyl (C=O) groups excluding carboxylic acids is 3. The molecule has 0 bridgehead atoms. The maximum atomic E-state index is 13.2. The van der Waals surface area contributed by atoms with Gasteiger partial charge in [0.05, 0.1) is 17.3 Å². The molecule has 1 fully saturated rings. The van der Waals surface area contributed by atoms with Crippen molar-refractivity contribution >= 4 is 35.2 Å². The molecule has 0 aliphatic carbocycles. The summed E-state index contributed by atoms with van der Waals surface area (Å²) in [4.78, 5) is 52.4. The van der Waals surface area contributed by atoms with Crippen LogP contribution in [0.4, 0.5) is 16.2 Å². The van der Waals surface area contributed by atoms with E-state index < -0.39 is 24.0 Å². The predicted molar refractivity (Wildman–Crippen MR) is 111 cm³/mol. The second-order valence-corrected chi connectivity index (χ2v) is 7.90. The molecule has 0 saturated carbocycles. The lowest BCUT2D eigenvalue weighted by Gasteiger charge is -2.36. The number of carboxylic acid groups (broad SMARTS) is 1. The molecular weight excluding hydrogens is 388 g/mol. The quantitative estimate of drug-likeness (QED) is 0.677. The van der Waals surface area contributed by atoms with E-state index in [1.54, 1.807) is 29.2 Å². The van der Waals surface area contributed by atoms with Crippen LogP contribution in [-0.4, -0.2) is 59.5 Å². The number of carboxylic acids is 1. The van der Waals surface area contributed by atoms with E-state index in [-0.39, 0.29) is 24.3 Å². The highest BCUT2D eigenvalue weighted by Crippen LogP contribution is 2.29. The Hall–Kier alpha value is -3.10. The second kappa shape index (κ2) is 9.15. The molecule has 0 unspecified atom stereocenters. The van der Waals surface area contributed by atoms with Gasteiger partial charge in [0, 0.05) is 13.1 Å². The summed E-state index contributed by atoms with van der Waals surface area (Å²) in [7, 11) is 0. The molecule has 0 radical (unpaired) electrons. The summed E-state index contributed by atoms with van der Waals surface area (Å²) in [6, 6.07) is 5.76. The van der Waals surface area contributed by atoms with Gasteiger partial charge in [0.2, 0.25) is 11.8 Å². The van der Waals surface area contributed by atoms with Crippen LogP contribution in [0.2, 0.25) is 0 Å². The molecule has 2 aliphatic heterocycles. The number of benzene rings is 1. The fourth-order valence-electron chi connectivity index (χ4n) is 3.85. The molecule has 4 amide bonds. The minimum Gasteiger partial charge on any atom is -0.481 e. The monoisotopic (exact) mass is 416 g/mol. The van der Waals surface area contributed by atoms with E-state index in [9.17, 15) is 19.2 Å². The van der Waals surface area contributed by atoms with E-state index in [2.05, 4.69) is 10.6 Å². The maximum Gasteiger partial charge on any atom is 0.323 e. The molecule has 0 aromatic heterocycles. The number of para-hydroxylation sites is 2. The Kier molecular flexibility index (Phi) is 6.59. The van der Waals surface area contributed by atoms with E-state index in [4.69, 9.17) is 5.11 Å². The van der Waals surface area contributed by atoms with Crippen molar-refractivity contribution < 1.29 is 24.3 Å². The Morgan fingerprint density at radius 3 is 2.53 bits per heavy atom. The molecule has 9 nitrogen and oxygen atoms in total. The zero-order valence-corrected chi connectivity index (χ0v) is 17.3. The molecule has 1 saturated heterocycles. The average Bonchev–Trinajstić information content (AvgIpc) is 2.75. The van der Waals surface area contributed by atoms with Crippen molar-refractivity contribution in [2.24, 2.45) is 11.8 Å². The molecule has 3 N–H and O–H groups in total. The number of anilines is 2. The predicted octanol–water partition coefficient (Wildman–Crippen LogP) is 1.89. The number of amides is 4. The Balaban J connectivity index is 1.74. The van der Waals surface area contributed by atoms with Crippen LogP contribution in [0.1, 0.15) is 33.1 Å². The highest BCUT2D eigenvalue weighted by atomic mass is 16.4. The standard InChI is InChI=1S/C21H28N4O5/c1-3-13(2)18(19(27)24-10-8-14(9-11-24)20(28)29)23-21(30)25-12-17(26)22-15-6-4-5-7-16(15)25/h4-7,13-14,18H,3,8-12H2,1-2H3,(H,22,26)(H,23,30)(H,28,29)/t13-,18-/m0/s1. The highest BCUT2D eigenvalue weighted by Gasteiger charge is 2.36. The van der Waals surface area contributed by atoms with Crippen LogP contribution >= 0.6 is 0 Å². The van der Waals surface area contributed by atoms with Gasteiger partial charge >= 0.3 is 12.0 Å². The summed E-state index contributed by atoms with van der Waals surface area (Å²) in [5.41, 5.74) is 1.12. The average molecular weight is 416 g/mol. The van der Waals surface area contributed by atoms with Crippen molar-refractivity contribution in [1.82, 2.24) is 10.2 Å². The molecule has 1 aromatic carbocycles. The Morgan fingerprint density at radius 1 is 1.23 bits per heavy atom. The number of rotatable bonds is 5. The molecule has 0 spiro atoms.